The van der Waals surface area contributed by atoms with Crippen molar-refractivity contribution in [3.05, 3.63) is 90.0 Å². The van der Waals surface area contributed by atoms with Crippen LogP contribution in [0.1, 0.15) is 15.9 Å². The molecule has 0 heterocycles. The Kier molecular flexibility index (Phi) is 8.79. The highest BCUT2D eigenvalue weighted by atomic mass is 32.1. The smallest absolute Gasteiger partial charge is 0.257 e. The number of carbonyl (C=O) groups is 2. The number of rotatable bonds is 9. The van der Waals surface area contributed by atoms with E-state index < -0.39 is 0 Å². The van der Waals surface area contributed by atoms with Gasteiger partial charge in [-0.05, 0) is 60.2 Å². The summed E-state index contributed by atoms with van der Waals surface area (Å²) in [4.78, 5) is 24.0. The number of likely N-dealkylation sites (N-methyl/N-ethyl adjacent to an activating group) is 1. The highest BCUT2D eigenvalue weighted by Gasteiger charge is 2.10. The molecular weight excluding hydrogens is 438 g/mol. The zero-order valence-corrected chi connectivity index (χ0v) is 19.0. The van der Waals surface area contributed by atoms with E-state index >= 15 is 0 Å². The Morgan fingerprint density at radius 1 is 0.848 bits per heavy atom. The van der Waals surface area contributed by atoms with Gasteiger partial charge in [-0.3, -0.25) is 14.9 Å². The average molecular weight is 464 g/mol. The first-order valence-electron chi connectivity index (χ1n) is 10.4. The van der Waals surface area contributed by atoms with Crippen LogP contribution in [-0.4, -0.2) is 37.2 Å². The van der Waals surface area contributed by atoms with Crippen LogP contribution in [0.25, 0.3) is 0 Å². The summed E-state index contributed by atoms with van der Waals surface area (Å²) in [5, 5.41) is 8.37. The highest BCUT2D eigenvalue weighted by Crippen LogP contribution is 2.14. The van der Waals surface area contributed by atoms with E-state index in [9.17, 15) is 9.59 Å². The molecule has 3 rings (SSSR count). The predicted molar refractivity (Wildman–Crippen MR) is 132 cm³/mol. The molecule has 8 heteroatoms. The third-order valence-corrected chi connectivity index (χ3v) is 4.75. The standard InChI is InChI=1S/C25H25N3O4S/c1-26-23(29)16-18-10-12-20(13-11-18)27-25(33)28-24(30)19-6-5-9-22(17-19)32-15-14-31-21-7-3-2-4-8-21/h2-13,17H,14-16H2,1H3,(H,26,29)(H2,27,28,30,33). The van der Waals surface area contributed by atoms with Gasteiger partial charge in [-0.1, -0.05) is 36.4 Å². The summed E-state index contributed by atoms with van der Waals surface area (Å²) in [5.41, 5.74) is 2.00. The molecule has 170 valence electrons. The predicted octanol–water partition coefficient (Wildman–Crippen LogP) is 3.56. The topological polar surface area (TPSA) is 88.7 Å². The van der Waals surface area contributed by atoms with E-state index in [1.54, 1.807) is 43.4 Å². The summed E-state index contributed by atoms with van der Waals surface area (Å²) in [6, 6.07) is 23.6. The summed E-state index contributed by atoms with van der Waals surface area (Å²) in [6.45, 7) is 0.728. The lowest BCUT2D eigenvalue weighted by atomic mass is 10.1. The second-order valence-corrected chi connectivity index (χ2v) is 7.40. The third-order valence-electron chi connectivity index (χ3n) is 4.54. The van der Waals surface area contributed by atoms with Crippen LogP contribution in [0.15, 0.2) is 78.9 Å². The first-order chi connectivity index (χ1) is 16.0. The van der Waals surface area contributed by atoms with E-state index in [1.165, 1.54) is 0 Å². The average Bonchev–Trinajstić information content (AvgIpc) is 2.84. The molecule has 0 saturated carbocycles. The second-order valence-electron chi connectivity index (χ2n) is 6.99. The van der Waals surface area contributed by atoms with Crippen molar-refractivity contribution in [1.29, 1.82) is 0 Å². The lowest BCUT2D eigenvalue weighted by Gasteiger charge is -2.11. The Balaban J connectivity index is 1.46. The lowest BCUT2D eigenvalue weighted by Crippen LogP contribution is -2.34. The number of amides is 2. The third kappa shape index (κ3) is 7.93. The van der Waals surface area contributed by atoms with Crippen LogP contribution in [0.4, 0.5) is 5.69 Å². The van der Waals surface area contributed by atoms with Gasteiger partial charge in [0.2, 0.25) is 5.91 Å². The first-order valence-corrected chi connectivity index (χ1v) is 10.8. The lowest BCUT2D eigenvalue weighted by molar-refractivity contribution is -0.119. The van der Waals surface area contributed by atoms with Gasteiger partial charge in [0.15, 0.2) is 5.11 Å². The van der Waals surface area contributed by atoms with Gasteiger partial charge in [0.1, 0.15) is 24.7 Å². The molecule has 7 nitrogen and oxygen atoms in total. The number of nitrogens with one attached hydrogen (secondary N) is 3. The van der Waals surface area contributed by atoms with Crippen LogP contribution in [0.3, 0.4) is 0 Å². The van der Waals surface area contributed by atoms with Gasteiger partial charge in [-0.15, -0.1) is 0 Å². The first kappa shape index (κ1) is 23.7. The maximum Gasteiger partial charge on any atom is 0.257 e. The van der Waals surface area contributed by atoms with Gasteiger partial charge >= 0.3 is 0 Å². The molecule has 0 aliphatic carbocycles. The maximum atomic E-state index is 12.6. The quantitative estimate of drug-likeness (QED) is 0.332. The van der Waals surface area contributed by atoms with Crippen molar-refractivity contribution in [2.45, 2.75) is 6.42 Å². The van der Waals surface area contributed by atoms with Crippen LogP contribution >= 0.6 is 12.2 Å². The van der Waals surface area contributed by atoms with Gasteiger partial charge in [0.25, 0.3) is 5.91 Å². The van der Waals surface area contributed by atoms with Crippen molar-refractivity contribution < 1.29 is 19.1 Å². The van der Waals surface area contributed by atoms with Crippen LogP contribution in [0.2, 0.25) is 0 Å². The molecule has 0 saturated heterocycles. The van der Waals surface area contributed by atoms with Crippen LogP contribution in [-0.2, 0) is 11.2 Å². The Morgan fingerprint density at radius 3 is 2.21 bits per heavy atom. The van der Waals surface area contributed by atoms with E-state index in [1.807, 2.05) is 42.5 Å². The normalized spacial score (nSPS) is 10.1. The summed E-state index contributed by atoms with van der Waals surface area (Å²) >= 11 is 5.24. The largest absolute Gasteiger partial charge is 0.490 e. The molecule has 0 radical (unpaired) electrons. The van der Waals surface area contributed by atoms with Gasteiger partial charge in [-0.25, -0.2) is 0 Å². The van der Waals surface area contributed by atoms with E-state index in [-0.39, 0.29) is 16.9 Å². The molecule has 2 amide bonds. The van der Waals surface area contributed by atoms with Crippen LogP contribution < -0.4 is 25.4 Å². The number of anilines is 1. The van der Waals surface area contributed by atoms with Crippen molar-refractivity contribution in [1.82, 2.24) is 10.6 Å². The number of ether oxygens (including phenoxy) is 2. The fourth-order valence-electron chi connectivity index (χ4n) is 2.88. The molecule has 3 aromatic rings. The minimum absolute atomic E-state index is 0.0616. The number of hydrogen-bond acceptors (Lipinski definition) is 5. The second kappa shape index (κ2) is 12.2. The SMILES string of the molecule is CNC(=O)Cc1ccc(NC(=S)NC(=O)c2cccc(OCCOc3ccccc3)c2)cc1. The zero-order valence-electron chi connectivity index (χ0n) is 18.2. The van der Waals surface area contributed by atoms with E-state index in [0.29, 0.717) is 36.6 Å². The van der Waals surface area contributed by atoms with E-state index in [4.69, 9.17) is 21.7 Å². The molecule has 0 fully saturated rings. The summed E-state index contributed by atoms with van der Waals surface area (Å²) in [7, 11) is 1.60. The van der Waals surface area contributed by atoms with Crippen molar-refractivity contribution >= 4 is 34.8 Å². The summed E-state index contributed by atoms with van der Waals surface area (Å²) in [5.74, 6) is 0.921. The van der Waals surface area contributed by atoms with Crippen LogP contribution in [0, 0.1) is 0 Å². The van der Waals surface area contributed by atoms with Crippen molar-refractivity contribution in [2.24, 2.45) is 0 Å². The Labute approximate surface area is 198 Å². The van der Waals surface area contributed by atoms with Crippen molar-refractivity contribution in [3.8, 4) is 11.5 Å². The zero-order chi connectivity index (χ0) is 23.5. The molecule has 0 bridgehead atoms. The van der Waals surface area contributed by atoms with Gasteiger partial charge in [-0.2, -0.15) is 0 Å². The highest BCUT2D eigenvalue weighted by molar-refractivity contribution is 7.80. The number of para-hydroxylation sites is 1. The van der Waals surface area contributed by atoms with Gasteiger partial charge in [0, 0.05) is 18.3 Å². The van der Waals surface area contributed by atoms with Crippen molar-refractivity contribution in [3.63, 3.8) is 0 Å². The molecule has 0 spiro atoms. The molecular formula is C25H25N3O4S. The van der Waals surface area contributed by atoms with Gasteiger partial charge < -0.3 is 20.1 Å². The molecule has 33 heavy (non-hydrogen) atoms. The number of hydrogen-bond donors (Lipinski definition) is 3. The Hall–Kier alpha value is -3.91. The summed E-state index contributed by atoms with van der Waals surface area (Å²) < 4.78 is 11.3. The Morgan fingerprint density at radius 2 is 1.52 bits per heavy atom. The van der Waals surface area contributed by atoms with Crippen molar-refractivity contribution in [2.75, 3.05) is 25.6 Å². The molecule has 3 N–H and O–H groups in total. The molecule has 0 aliphatic heterocycles. The Bertz CT molecular complexity index is 1090. The van der Waals surface area contributed by atoms with E-state index in [2.05, 4.69) is 16.0 Å². The molecule has 0 atom stereocenters. The minimum atomic E-state index is -0.352. The number of thiocarbonyl (C=S) groups is 1. The number of benzene rings is 3. The fourth-order valence-corrected chi connectivity index (χ4v) is 3.09. The molecule has 0 unspecified atom stereocenters. The molecule has 3 aromatic carbocycles. The molecule has 0 aromatic heterocycles. The minimum Gasteiger partial charge on any atom is -0.490 e. The molecule has 0 aliphatic rings. The monoisotopic (exact) mass is 463 g/mol. The van der Waals surface area contributed by atoms with Crippen LogP contribution in [0.5, 0.6) is 11.5 Å². The van der Waals surface area contributed by atoms with E-state index in [0.717, 1.165) is 11.3 Å². The maximum absolute atomic E-state index is 12.6. The summed E-state index contributed by atoms with van der Waals surface area (Å²) in [6.07, 6.45) is 0.300. The fraction of sp³-hybridized carbons (Fsp3) is 0.160. The van der Waals surface area contributed by atoms with Gasteiger partial charge in [0.05, 0.1) is 6.42 Å². The number of carbonyl (C=O) groups excluding carboxylic acids is 2.